The number of nitrogen functional groups attached to an aromatic ring is 2. The van der Waals surface area contributed by atoms with Crippen molar-refractivity contribution in [3.63, 3.8) is 0 Å². The third-order valence-corrected chi connectivity index (χ3v) is 3.14. The van der Waals surface area contributed by atoms with Crippen molar-refractivity contribution in [3.8, 4) is 0 Å². The first-order valence-corrected chi connectivity index (χ1v) is 5.55. The molecule has 1 fully saturated rings. The highest BCUT2D eigenvalue weighted by Gasteiger charge is 2.30. The minimum Gasteiger partial charge on any atom is -0.382 e. The SMILES string of the molecule is CC(C)(C)c1nc(C2CCC2)c(N)n1N. The lowest BCUT2D eigenvalue weighted by molar-refractivity contribution is 0.411. The maximum Gasteiger partial charge on any atom is 0.146 e. The number of hydrogen-bond acceptors (Lipinski definition) is 3. The number of imidazole rings is 1. The van der Waals surface area contributed by atoms with E-state index in [0.717, 1.165) is 11.5 Å². The van der Waals surface area contributed by atoms with E-state index in [1.807, 2.05) is 0 Å². The normalized spacial score (nSPS) is 17.8. The van der Waals surface area contributed by atoms with Gasteiger partial charge < -0.3 is 11.6 Å². The van der Waals surface area contributed by atoms with Crippen LogP contribution in [0.25, 0.3) is 0 Å². The van der Waals surface area contributed by atoms with Crippen molar-refractivity contribution < 1.29 is 0 Å². The second-order valence-corrected chi connectivity index (χ2v) is 5.45. The van der Waals surface area contributed by atoms with Gasteiger partial charge in [-0.3, -0.25) is 0 Å². The van der Waals surface area contributed by atoms with Gasteiger partial charge in [0, 0.05) is 11.3 Å². The van der Waals surface area contributed by atoms with E-state index in [2.05, 4.69) is 25.8 Å². The van der Waals surface area contributed by atoms with Crippen molar-refractivity contribution >= 4 is 5.82 Å². The third kappa shape index (κ3) is 1.58. The molecule has 4 heteroatoms. The van der Waals surface area contributed by atoms with E-state index < -0.39 is 0 Å². The second-order valence-electron chi connectivity index (χ2n) is 5.45. The van der Waals surface area contributed by atoms with Gasteiger partial charge >= 0.3 is 0 Å². The summed E-state index contributed by atoms with van der Waals surface area (Å²) < 4.78 is 1.55. The summed E-state index contributed by atoms with van der Waals surface area (Å²) in [5.74, 6) is 7.99. The maximum absolute atomic E-state index is 5.99. The zero-order valence-electron chi connectivity index (χ0n) is 9.75. The standard InChI is InChI=1S/C11H20N4/c1-11(2,3)10-14-8(7-5-4-6-7)9(12)15(10)13/h7H,4-6,12-13H2,1-3H3. The van der Waals surface area contributed by atoms with Crippen LogP contribution < -0.4 is 11.6 Å². The summed E-state index contributed by atoms with van der Waals surface area (Å²) in [5.41, 5.74) is 6.94. The van der Waals surface area contributed by atoms with E-state index in [0.29, 0.717) is 11.7 Å². The van der Waals surface area contributed by atoms with E-state index >= 15 is 0 Å². The van der Waals surface area contributed by atoms with Crippen LogP contribution in [0.2, 0.25) is 0 Å². The Balaban J connectivity index is 2.41. The summed E-state index contributed by atoms with van der Waals surface area (Å²) in [6.07, 6.45) is 3.68. The number of nitrogens with zero attached hydrogens (tertiary/aromatic N) is 2. The van der Waals surface area contributed by atoms with Crippen LogP contribution in [0.1, 0.15) is 57.5 Å². The molecule has 0 bridgehead atoms. The fraction of sp³-hybridized carbons (Fsp3) is 0.727. The average molecular weight is 208 g/mol. The molecule has 0 aromatic carbocycles. The fourth-order valence-electron chi connectivity index (χ4n) is 1.97. The Morgan fingerprint density at radius 3 is 2.27 bits per heavy atom. The maximum atomic E-state index is 5.99. The fourth-order valence-corrected chi connectivity index (χ4v) is 1.97. The van der Waals surface area contributed by atoms with Gasteiger partial charge in [-0.2, -0.15) is 0 Å². The van der Waals surface area contributed by atoms with Gasteiger partial charge in [0.15, 0.2) is 0 Å². The van der Waals surface area contributed by atoms with Gasteiger partial charge in [0.05, 0.1) is 5.69 Å². The van der Waals surface area contributed by atoms with E-state index in [-0.39, 0.29) is 5.41 Å². The topological polar surface area (TPSA) is 69.9 Å². The Morgan fingerprint density at radius 2 is 1.93 bits per heavy atom. The van der Waals surface area contributed by atoms with Crippen molar-refractivity contribution in [2.45, 2.75) is 51.4 Å². The molecule has 1 heterocycles. The van der Waals surface area contributed by atoms with Crippen molar-refractivity contribution in [2.75, 3.05) is 11.6 Å². The predicted octanol–water partition coefficient (Wildman–Crippen LogP) is 1.74. The number of rotatable bonds is 1. The van der Waals surface area contributed by atoms with Crippen LogP contribution in [0.4, 0.5) is 5.82 Å². The highest BCUT2D eigenvalue weighted by molar-refractivity contribution is 5.42. The van der Waals surface area contributed by atoms with Crippen LogP contribution in [0.3, 0.4) is 0 Å². The molecule has 84 valence electrons. The lowest BCUT2D eigenvalue weighted by Gasteiger charge is -2.23. The first-order valence-electron chi connectivity index (χ1n) is 5.55. The summed E-state index contributed by atoms with van der Waals surface area (Å²) in [5, 5.41) is 0. The van der Waals surface area contributed by atoms with Gasteiger partial charge in [0.2, 0.25) is 0 Å². The average Bonchev–Trinajstić information content (AvgIpc) is 2.28. The minimum absolute atomic E-state index is 0.0507. The van der Waals surface area contributed by atoms with Gasteiger partial charge in [-0.05, 0) is 12.8 Å². The zero-order valence-corrected chi connectivity index (χ0v) is 9.75. The van der Waals surface area contributed by atoms with Crippen LogP contribution in [0.5, 0.6) is 0 Å². The van der Waals surface area contributed by atoms with E-state index in [1.54, 1.807) is 4.68 Å². The quantitative estimate of drug-likeness (QED) is 0.691. The summed E-state index contributed by atoms with van der Waals surface area (Å²) >= 11 is 0. The van der Waals surface area contributed by atoms with Gasteiger partial charge in [-0.15, -0.1) is 0 Å². The van der Waals surface area contributed by atoms with Gasteiger partial charge in [0.25, 0.3) is 0 Å². The van der Waals surface area contributed by atoms with Crippen molar-refractivity contribution in [2.24, 2.45) is 0 Å². The van der Waals surface area contributed by atoms with E-state index in [9.17, 15) is 0 Å². The molecule has 0 unspecified atom stereocenters. The van der Waals surface area contributed by atoms with E-state index in [1.165, 1.54) is 19.3 Å². The first-order chi connectivity index (χ1) is 6.91. The predicted molar refractivity (Wildman–Crippen MR) is 62.1 cm³/mol. The highest BCUT2D eigenvalue weighted by atomic mass is 15.4. The Labute approximate surface area is 90.6 Å². The van der Waals surface area contributed by atoms with E-state index in [4.69, 9.17) is 11.6 Å². The molecule has 0 spiro atoms. The van der Waals surface area contributed by atoms with Crippen LogP contribution in [-0.2, 0) is 5.41 Å². The van der Waals surface area contributed by atoms with Crippen molar-refractivity contribution in [1.29, 1.82) is 0 Å². The number of aromatic nitrogens is 2. The highest BCUT2D eigenvalue weighted by Crippen LogP contribution is 2.39. The molecule has 1 aliphatic rings. The molecule has 4 nitrogen and oxygen atoms in total. The number of hydrogen-bond donors (Lipinski definition) is 2. The zero-order chi connectivity index (χ0) is 11.2. The summed E-state index contributed by atoms with van der Waals surface area (Å²) in [6.45, 7) is 6.30. The van der Waals surface area contributed by atoms with Gasteiger partial charge in [0.1, 0.15) is 11.6 Å². The van der Waals surface area contributed by atoms with Crippen LogP contribution in [0.15, 0.2) is 0 Å². The van der Waals surface area contributed by atoms with Crippen LogP contribution in [-0.4, -0.2) is 9.66 Å². The summed E-state index contributed by atoms with van der Waals surface area (Å²) in [4.78, 5) is 4.62. The third-order valence-electron chi connectivity index (χ3n) is 3.14. The molecule has 1 aliphatic carbocycles. The molecule has 15 heavy (non-hydrogen) atoms. The molecule has 0 aliphatic heterocycles. The number of nitrogens with two attached hydrogens (primary N) is 2. The van der Waals surface area contributed by atoms with Gasteiger partial charge in [-0.1, -0.05) is 27.2 Å². The molecular weight excluding hydrogens is 188 g/mol. The molecule has 1 aromatic heterocycles. The van der Waals surface area contributed by atoms with Crippen molar-refractivity contribution in [3.05, 3.63) is 11.5 Å². The molecule has 2 rings (SSSR count). The molecule has 0 saturated heterocycles. The summed E-state index contributed by atoms with van der Waals surface area (Å²) in [7, 11) is 0. The largest absolute Gasteiger partial charge is 0.382 e. The minimum atomic E-state index is -0.0507. The summed E-state index contributed by atoms with van der Waals surface area (Å²) in [6, 6.07) is 0. The second kappa shape index (κ2) is 3.15. The number of anilines is 1. The molecule has 0 atom stereocenters. The van der Waals surface area contributed by atoms with Gasteiger partial charge in [-0.25, -0.2) is 9.66 Å². The Kier molecular flexibility index (Phi) is 2.17. The van der Waals surface area contributed by atoms with Crippen molar-refractivity contribution in [1.82, 2.24) is 9.66 Å². The Hall–Kier alpha value is -1.19. The molecule has 4 N–H and O–H groups in total. The lowest BCUT2D eigenvalue weighted by Crippen LogP contribution is -2.24. The molecule has 0 radical (unpaired) electrons. The molecular formula is C11H20N4. The lowest BCUT2D eigenvalue weighted by atomic mass is 9.83. The van der Waals surface area contributed by atoms with Crippen LogP contribution >= 0.6 is 0 Å². The first kappa shape index (κ1) is 10.3. The molecule has 1 saturated carbocycles. The Morgan fingerprint density at radius 1 is 1.33 bits per heavy atom. The monoisotopic (exact) mass is 208 g/mol. The Bertz CT molecular complexity index is 369. The molecule has 1 aromatic rings. The molecule has 0 amide bonds. The van der Waals surface area contributed by atoms with Crippen LogP contribution in [0, 0.1) is 0 Å². The smallest absolute Gasteiger partial charge is 0.146 e.